The van der Waals surface area contributed by atoms with Crippen molar-refractivity contribution in [1.82, 2.24) is 13.9 Å². The van der Waals surface area contributed by atoms with E-state index in [1.165, 1.54) is 0 Å². The summed E-state index contributed by atoms with van der Waals surface area (Å²) in [5, 5.41) is 3.31. The number of hydrogen-bond donors (Lipinski definition) is 1. The number of nitrogens with one attached hydrogen (secondary N) is 1. The maximum absolute atomic E-state index is 12.8. The number of piperidine rings is 2. The third kappa shape index (κ3) is 4.63. The summed E-state index contributed by atoms with van der Waals surface area (Å²) in [6, 6.07) is 0.0857. The van der Waals surface area contributed by atoms with Gasteiger partial charge in [0.15, 0.2) is 0 Å². The van der Waals surface area contributed by atoms with E-state index < -0.39 is 10.2 Å². The summed E-state index contributed by atoms with van der Waals surface area (Å²) in [7, 11) is -1.61. The number of methoxy groups -OCH3 is 1. The third-order valence-corrected chi connectivity index (χ3v) is 6.46. The molecule has 0 bridgehead atoms. The van der Waals surface area contributed by atoms with E-state index >= 15 is 0 Å². The zero-order valence-electron chi connectivity index (χ0n) is 13.1. The lowest BCUT2D eigenvalue weighted by Crippen LogP contribution is -2.54. The summed E-state index contributed by atoms with van der Waals surface area (Å²) in [4.78, 5) is 0. The molecule has 0 saturated carbocycles. The molecule has 2 fully saturated rings. The summed E-state index contributed by atoms with van der Waals surface area (Å²) in [5.41, 5.74) is 0. The van der Waals surface area contributed by atoms with Crippen LogP contribution in [-0.2, 0) is 14.9 Å². The fourth-order valence-electron chi connectivity index (χ4n) is 3.17. The van der Waals surface area contributed by atoms with Crippen LogP contribution in [0.15, 0.2) is 0 Å². The van der Waals surface area contributed by atoms with Gasteiger partial charge in [0.25, 0.3) is 10.2 Å². The van der Waals surface area contributed by atoms with Crippen LogP contribution in [0.1, 0.15) is 38.5 Å². The van der Waals surface area contributed by atoms with Crippen molar-refractivity contribution < 1.29 is 13.2 Å². The molecule has 2 rings (SSSR count). The Bertz CT molecular complexity index is 396. The molecule has 0 aromatic rings. The molecule has 1 N–H and O–H groups in total. The second-order valence-corrected chi connectivity index (χ2v) is 7.81. The molecule has 2 saturated heterocycles. The zero-order valence-corrected chi connectivity index (χ0v) is 13.9. The number of rotatable bonds is 7. The van der Waals surface area contributed by atoms with Crippen molar-refractivity contribution in [3.63, 3.8) is 0 Å². The Morgan fingerprint density at radius 3 is 2.52 bits per heavy atom. The van der Waals surface area contributed by atoms with Gasteiger partial charge in [-0.15, -0.1) is 0 Å². The highest BCUT2D eigenvalue weighted by molar-refractivity contribution is 7.86. The molecule has 0 amide bonds. The fourth-order valence-corrected chi connectivity index (χ4v) is 5.10. The molecule has 0 aromatic heterocycles. The van der Waals surface area contributed by atoms with E-state index in [0.717, 1.165) is 51.6 Å². The Morgan fingerprint density at radius 2 is 1.81 bits per heavy atom. The summed E-state index contributed by atoms with van der Waals surface area (Å²) in [6.45, 7) is 4.17. The van der Waals surface area contributed by atoms with E-state index in [1.807, 2.05) is 0 Å². The first-order chi connectivity index (χ1) is 10.2. The summed E-state index contributed by atoms with van der Waals surface area (Å²) in [6.07, 6.45) is 6.17. The van der Waals surface area contributed by atoms with Crippen LogP contribution in [0.4, 0.5) is 0 Å². The second kappa shape index (κ2) is 8.43. The topological polar surface area (TPSA) is 61.9 Å². The predicted octanol–water partition coefficient (Wildman–Crippen LogP) is 0.808. The highest BCUT2D eigenvalue weighted by Gasteiger charge is 2.36. The van der Waals surface area contributed by atoms with Crippen molar-refractivity contribution in [3.8, 4) is 0 Å². The molecule has 21 heavy (non-hydrogen) atoms. The van der Waals surface area contributed by atoms with Gasteiger partial charge in [0.05, 0.1) is 6.61 Å². The Morgan fingerprint density at radius 1 is 1.10 bits per heavy atom. The summed E-state index contributed by atoms with van der Waals surface area (Å²) < 4.78 is 34.1. The molecular weight excluding hydrogens is 290 g/mol. The maximum Gasteiger partial charge on any atom is 0.282 e. The number of nitrogens with zero attached hydrogens (tertiary/aromatic N) is 2. The van der Waals surface area contributed by atoms with Crippen LogP contribution in [-0.4, -0.2) is 69.5 Å². The molecule has 0 radical (unpaired) electrons. The first kappa shape index (κ1) is 17.1. The molecule has 6 nitrogen and oxygen atoms in total. The molecule has 0 aromatic carbocycles. The Kier molecular flexibility index (Phi) is 6.88. The SMILES string of the molecule is COCCNCC1CCCCN1S(=O)(=O)N1CCCCC1. The van der Waals surface area contributed by atoms with Gasteiger partial charge in [0.2, 0.25) is 0 Å². The van der Waals surface area contributed by atoms with E-state index in [9.17, 15) is 8.42 Å². The van der Waals surface area contributed by atoms with Gasteiger partial charge < -0.3 is 10.1 Å². The number of hydrogen-bond acceptors (Lipinski definition) is 4. The third-order valence-electron chi connectivity index (χ3n) is 4.37. The molecule has 0 aliphatic carbocycles. The lowest BCUT2D eigenvalue weighted by atomic mass is 10.1. The van der Waals surface area contributed by atoms with Crippen LogP contribution >= 0.6 is 0 Å². The van der Waals surface area contributed by atoms with Gasteiger partial charge in [-0.3, -0.25) is 0 Å². The van der Waals surface area contributed by atoms with Crippen molar-refractivity contribution in [1.29, 1.82) is 0 Å². The van der Waals surface area contributed by atoms with Crippen LogP contribution in [0.5, 0.6) is 0 Å². The van der Waals surface area contributed by atoms with E-state index in [0.29, 0.717) is 26.2 Å². The largest absolute Gasteiger partial charge is 0.383 e. The van der Waals surface area contributed by atoms with Crippen molar-refractivity contribution in [3.05, 3.63) is 0 Å². The first-order valence-corrected chi connectivity index (χ1v) is 9.52. The fraction of sp³-hybridized carbons (Fsp3) is 1.00. The smallest absolute Gasteiger partial charge is 0.282 e. The molecule has 2 aliphatic heterocycles. The van der Waals surface area contributed by atoms with Crippen molar-refractivity contribution in [2.24, 2.45) is 0 Å². The van der Waals surface area contributed by atoms with Gasteiger partial charge >= 0.3 is 0 Å². The monoisotopic (exact) mass is 319 g/mol. The van der Waals surface area contributed by atoms with E-state index in [-0.39, 0.29) is 6.04 Å². The van der Waals surface area contributed by atoms with Gasteiger partial charge in [0, 0.05) is 45.9 Å². The quantitative estimate of drug-likeness (QED) is 0.705. The molecule has 2 aliphatic rings. The first-order valence-electron chi connectivity index (χ1n) is 8.13. The van der Waals surface area contributed by atoms with E-state index in [4.69, 9.17) is 4.74 Å². The highest BCUT2D eigenvalue weighted by atomic mass is 32.2. The number of ether oxygens (including phenoxy) is 1. The lowest BCUT2D eigenvalue weighted by molar-refractivity contribution is 0.188. The van der Waals surface area contributed by atoms with Crippen LogP contribution in [0.2, 0.25) is 0 Å². The molecule has 2 heterocycles. The van der Waals surface area contributed by atoms with Gasteiger partial charge in [0.1, 0.15) is 0 Å². The van der Waals surface area contributed by atoms with Crippen LogP contribution in [0.3, 0.4) is 0 Å². The molecular formula is C14H29N3O3S. The molecule has 1 atom stereocenters. The Balaban J connectivity index is 1.96. The minimum Gasteiger partial charge on any atom is -0.383 e. The van der Waals surface area contributed by atoms with E-state index in [1.54, 1.807) is 15.7 Å². The molecule has 0 spiro atoms. The van der Waals surface area contributed by atoms with Crippen molar-refractivity contribution in [2.75, 3.05) is 46.4 Å². The van der Waals surface area contributed by atoms with Gasteiger partial charge in [-0.2, -0.15) is 17.0 Å². The average Bonchev–Trinajstić information content (AvgIpc) is 2.53. The lowest BCUT2D eigenvalue weighted by Gasteiger charge is -2.39. The van der Waals surface area contributed by atoms with Gasteiger partial charge in [-0.1, -0.05) is 12.8 Å². The highest BCUT2D eigenvalue weighted by Crippen LogP contribution is 2.24. The van der Waals surface area contributed by atoms with Gasteiger partial charge in [-0.25, -0.2) is 0 Å². The van der Waals surface area contributed by atoms with Crippen LogP contribution in [0, 0.1) is 0 Å². The minimum absolute atomic E-state index is 0.0857. The van der Waals surface area contributed by atoms with Crippen molar-refractivity contribution in [2.45, 2.75) is 44.6 Å². The zero-order chi connectivity index (χ0) is 15.1. The molecule has 1 unspecified atom stereocenters. The van der Waals surface area contributed by atoms with Gasteiger partial charge in [-0.05, 0) is 25.7 Å². The second-order valence-electron chi connectivity index (χ2n) is 5.92. The maximum atomic E-state index is 12.8. The minimum atomic E-state index is -3.28. The van der Waals surface area contributed by atoms with Crippen LogP contribution < -0.4 is 5.32 Å². The predicted molar refractivity (Wildman–Crippen MR) is 83.4 cm³/mol. The summed E-state index contributed by atoms with van der Waals surface area (Å²) in [5.74, 6) is 0. The Hall–Kier alpha value is -0.210. The molecule has 7 heteroatoms. The normalized spacial score (nSPS) is 26.0. The standard InChI is InChI=1S/C14H29N3O3S/c1-20-12-8-15-13-14-7-3-6-11-17(14)21(18,19)16-9-4-2-5-10-16/h14-15H,2-13H2,1H3. The van der Waals surface area contributed by atoms with E-state index in [2.05, 4.69) is 5.32 Å². The average molecular weight is 319 g/mol. The van der Waals surface area contributed by atoms with Crippen molar-refractivity contribution >= 4 is 10.2 Å². The van der Waals surface area contributed by atoms with Crippen LogP contribution in [0.25, 0.3) is 0 Å². The summed E-state index contributed by atoms with van der Waals surface area (Å²) >= 11 is 0. The molecule has 124 valence electrons. The Labute approximate surface area is 129 Å².